The molecule has 2 fully saturated rings. The summed E-state index contributed by atoms with van der Waals surface area (Å²) in [5.74, 6) is 0.791. The van der Waals surface area contributed by atoms with Crippen LogP contribution in [-0.2, 0) is 19.1 Å². The van der Waals surface area contributed by atoms with Crippen LogP contribution < -0.4 is 0 Å². The zero-order valence-electron chi connectivity index (χ0n) is 9.28. The Hall–Kier alpha value is -0.360. The molecule has 0 atom stereocenters. The molecule has 6 heteroatoms. The number of hydrogen-bond acceptors (Lipinski definition) is 6. The van der Waals surface area contributed by atoms with E-state index < -0.39 is 21.8 Å². The zero-order valence-corrected chi connectivity index (χ0v) is 10.9. The fourth-order valence-corrected chi connectivity index (χ4v) is 4.39. The van der Waals surface area contributed by atoms with Gasteiger partial charge in [-0.15, -0.1) is 0 Å². The van der Waals surface area contributed by atoms with E-state index in [-0.39, 0.29) is 0 Å². The SMILES string of the molecule is CCC1(CC)C(=O)OC2(OC1=O)SCCS2. The molecule has 0 aromatic heterocycles. The predicted molar refractivity (Wildman–Crippen MR) is 62.8 cm³/mol. The van der Waals surface area contributed by atoms with Crippen LogP contribution >= 0.6 is 23.5 Å². The van der Waals surface area contributed by atoms with E-state index in [4.69, 9.17) is 9.47 Å². The maximum absolute atomic E-state index is 12.0. The standard InChI is InChI=1S/C10H14O4S2/c1-3-9(4-2)7(11)13-10(14-8(9)12)15-5-6-16-10/h3-6H2,1-2H3. The van der Waals surface area contributed by atoms with Crippen molar-refractivity contribution >= 4 is 35.5 Å². The molecule has 2 aliphatic heterocycles. The van der Waals surface area contributed by atoms with Crippen molar-refractivity contribution in [1.82, 2.24) is 0 Å². The lowest BCUT2D eigenvalue weighted by molar-refractivity contribution is -0.214. The average molecular weight is 262 g/mol. The van der Waals surface area contributed by atoms with E-state index in [1.807, 2.05) is 0 Å². The monoisotopic (exact) mass is 262 g/mol. The maximum Gasteiger partial charge on any atom is 0.358 e. The second-order valence-electron chi connectivity index (χ2n) is 3.77. The van der Waals surface area contributed by atoms with Crippen LogP contribution in [0, 0.1) is 5.41 Å². The Balaban J connectivity index is 2.25. The maximum atomic E-state index is 12.0. The summed E-state index contributed by atoms with van der Waals surface area (Å²) in [6.45, 7) is 3.61. The van der Waals surface area contributed by atoms with Crippen molar-refractivity contribution in [2.24, 2.45) is 5.41 Å². The highest BCUT2D eigenvalue weighted by Gasteiger charge is 2.59. The fraction of sp³-hybridized carbons (Fsp3) is 0.800. The first-order chi connectivity index (χ1) is 7.58. The Labute approximate surface area is 103 Å². The smallest absolute Gasteiger partial charge is 0.358 e. The molecule has 0 aromatic rings. The molecule has 1 spiro atoms. The summed E-state index contributed by atoms with van der Waals surface area (Å²) < 4.78 is 9.60. The van der Waals surface area contributed by atoms with Gasteiger partial charge in [0.15, 0.2) is 5.41 Å². The molecule has 2 rings (SSSR count). The second-order valence-corrected chi connectivity index (χ2v) is 6.49. The van der Waals surface area contributed by atoms with Crippen LogP contribution in [0.2, 0.25) is 0 Å². The number of esters is 2. The quantitative estimate of drug-likeness (QED) is 0.560. The lowest BCUT2D eigenvalue weighted by atomic mass is 9.82. The lowest BCUT2D eigenvalue weighted by Crippen LogP contribution is -2.52. The highest BCUT2D eigenvalue weighted by atomic mass is 32.2. The van der Waals surface area contributed by atoms with Gasteiger partial charge in [-0.1, -0.05) is 37.4 Å². The van der Waals surface area contributed by atoms with Gasteiger partial charge in [0.2, 0.25) is 0 Å². The minimum Gasteiger partial charge on any atom is -0.403 e. The van der Waals surface area contributed by atoms with E-state index in [2.05, 4.69) is 0 Å². The first-order valence-electron chi connectivity index (χ1n) is 5.33. The first-order valence-corrected chi connectivity index (χ1v) is 7.30. The molecule has 0 aliphatic carbocycles. The van der Waals surface area contributed by atoms with Crippen molar-refractivity contribution in [2.75, 3.05) is 11.5 Å². The lowest BCUT2D eigenvalue weighted by Gasteiger charge is -2.39. The van der Waals surface area contributed by atoms with Gasteiger partial charge in [-0.2, -0.15) is 0 Å². The van der Waals surface area contributed by atoms with Crippen molar-refractivity contribution in [2.45, 2.75) is 31.1 Å². The molecular weight excluding hydrogens is 248 g/mol. The van der Waals surface area contributed by atoms with Crippen molar-refractivity contribution in [1.29, 1.82) is 0 Å². The van der Waals surface area contributed by atoms with E-state index in [0.29, 0.717) is 12.8 Å². The Bertz CT molecular complexity index is 297. The third-order valence-corrected chi connectivity index (χ3v) is 5.89. The van der Waals surface area contributed by atoms with E-state index in [9.17, 15) is 9.59 Å². The van der Waals surface area contributed by atoms with Crippen LogP contribution in [0.3, 0.4) is 0 Å². The summed E-state index contributed by atoms with van der Waals surface area (Å²) in [4.78, 5) is 24.0. The molecule has 2 saturated heterocycles. The molecule has 2 aliphatic rings. The molecule has 90 valence electrons. The van der Waals surface area contributed by atoms with Crippen molar-refractivity contribution in [3.8, 4) is 0 Å². The summed E-state index contributed by atoms with van der Waals surface area (Å²) in [5, 5.41) is 0. The van der Waals surface area contributed by atoms with Gasteiger partial charge in [0.25, 0.3) is 0 Å². The van der Waals surface area contributed by atoms with Gasteiger partial charge in [-0.25, -0.2) is 0 Å². The van der Waals surface area contributed by atoms with Crippen LogP contribution in [0.5, 0.6) is 0 Å². The van der Waals surface area contributed by atoms with Gasteiger partial charge in [0.05, 0.1) is 0 Å². The average Bonchev–Trinajstić information content (AvgIpc) is 2.67. The molecule has 0 bridgehead atoms. The third kappa shape index (κ3) is 1.62. The molecule has 0 saturated carbocycles. The topological polar surface area (TPSA) is 52.6 Å². The highest BCUT2D eigenvalue weighted by molar-refractivity contribution is 8.20. The molecule has 0 unspecified atom stereocenters. The van der Waals surface area contributed by atoms with E-state index in [1.165, 1.54) is 23.5 Å². The fourth-order valence-electron chi connectivity index (χ4n) is 1.85. The largest absolute Gasteiger partial charge is 0.403 e. The minimum absolute atomic E-state index is 0.423. The number of thioether (sulfide) groups is 2. The van der Waals surface area contributed by atoms with Gasteiger partial charge in [0, 0.05) is 11.5 Å². The highest BCUT2D eigenvalue weighted by Crippen LogP contribution is 2.51. The Morgan fingerprint density at radius 1 is 1.06 bits per heavy atom. The van der Waals surface area contributed by atoms with Crippen LogP contribution in [0.25, 0.3) is 0 Å². The Morgan fingerprint density at radius 2 is 1.50 bits per heavy atom. The van der Waals surface area contributed by atoms with Gasteiger partial charge in [-0.3, -0.25) is 9.59 Å². The summed E-state index contributed by atoms with van der Waals surface area (Å²) in [7, 11) is 0. The van der Waals surface area contributed by atoms with E-state index in [0.717, 1.165) is 11.5 Å². The summed E-state index contributed by atoms with van der Waals surface area (Å²) in [6, 6.07) is 0. The number of rotatable bonds is 2. The molecule has 0 amide bonds. The Kier molecular flexibility index (Phi) is 3.13. The second kappa shape index (κ2) is 4.14. The van der Waals surface area contributed by atoms with Crippen molar-refractivity contribution in [3.63, 3.8) is 0 Å². The zero-order chi connectivity index (χ0) is 11.8. The number of hydrogen-bond donors (Lipinski definition) is 0. The Morgan fingerprint density at radius 3 is 1.88 bits per heavy atom. The number of carbonyl (C=O) groups is 2. The van der Waals surface area contributed by atoms with Crippen LogP contribution in [0.4, 0.5) is 0 Å². The van der Waals surface area contributed by atoms with E-state index >= 15 is 0 Å². The van der Waals surface area contributed by atoms with Crippen LogP contribution in [0.1, 0.15) is 26.7 Å². The molecule has 0 N–H and O–H groups in total. The molecule has 0 radical (unpaired) electrons. The van der Waals surface area contributed by atoms with Crippen LogP contribution in [0.15, 0.2) is 0 Å². The van der Waals surface area contributed by atoms with Gasteiger partial charge < -0.3 is 9.47 Å². The first kappa shape index (κ1) is 12.1. The van der Waals surface area contributed by atoms with Crippen molar-refractivity contribution in [3.05, 3.63) is 0 Å². The normalized spacial score (nSPS) is 26.6. The van der Waals surface area contributed by atoms with Crippen LogP contribution in [-0.4, -0.2) is 27.9 Å². The minimum atomic E-state index is -1.10. The van der Waals surface area contributed by atoms with E-state index in [1.54, 1.807) is 13.8 Å². The van der Waals surface area contributed by atoms with Gasteiger partial charge in [-0.05, 0) is 12.8 Å². The molecule has 16 heavy (non-hydrogen) atoms. The van der Waals surface area contributed by atoms with Crippen molar-refractivity contribution < 1.29 is 19.1 Å². The third-order valence-electron chi connectivity index (χ3n) is 3.06. The molecule has 4 nitrogen and oxygen atoms in total. The molecular formula is C10H14O4S2. The summed E-state index contributed by atoms with van der Waals surface area (Å²) in [6.07, 6.45) is 0.846. The molecule has 0 aromatic carbocycles. The predicted octanol–water partition coefficient (Wildman–Crippen LogP) is 1.98. The summed E-state index contributed by atoms with van der Waals surface area (Å²) >= 11 is 2.74. The van der Waals surface area contributed by atoms with Gasteiger partial charge in [0.1, 0.15) is 0 Å². The number of carbonyl (C=O) groups excluding carboxylic acids is 2. The van der Waals surface area contributed by atoms with Gasteiger partial charge >= 0.3 is 16.4 Å². The number of ether oxygens (including phenoxy) is 2. The summed E-state index contributed by atoms with van der Waals surface area (Å²) in [5.41, 5.74) is -1.09. The molecule has 2 heterocycles.